The number of hydrogen-bond acceptors (Lipinski definition) is 6. The van der Waals surface area contributed by atoms with Gasteiger partial charge in [0.05, 0.1) is 18.0 Å². The Hall–Kier alpha value is -2.32. The van der Waals surface area contributed by atoms with E-state index in [2.05, 4.69) is 4.98 Å². The molecule has 1 aromatic rings. The molecule has 1 aliphatic carbocycles. The number of aromatic nitrogens is 1. The highest BCUT2D eigenvalue weighted by atomic mass is 19.3. The molecule has 0 radical (unpaired) electrons. The lowest BCUT2D eigenvalue weighted by atomic mass is 9.90. The van der Waals surface area contributed by atoms with Gasteiger partial charge in [-0.05, 0) is 37.2 Å². The number of pyridine rings is 1. The molecule has 0 saturated heterocycles. The topological polar surface area (TPSA) is 85.6 Å². The number of anilines is 1. The van der Waals surface area contributed by atoms with Gasteiger partial charge in [-0.25, -0.2) is 13.8 Å². The summed E-state index contributed by atoms with van der Waals surface area (Å²) in [5.74, 6) is -2.96. The van der Waals surface area contributed by atoms with Crippen LogP contribution in [0.25, 0.3) is 0 Å². The van der Waals surface area contributed by atoms with Crippen LogP contribution in [0.1, 0.15) is 71.3 Å². The lowest BCUT2D eigenvalue weighted by Gasteiger charge is -2.38. The number of nitrogens with zero attached hydrogens (tertiary/aromatic N) is 3. The summed E-state index contributed by atoms with van der Waals surface area (Å²) in [5, 5.41) is 11.8. The van der Waals surface area contributed by atoms with Gasteiger partial charge in [0.2, 0.25) is 11.7 Å². The summed E-state index contributed by atoms with van der Waals surface area (Å²) in [5.41, 5.74) is 0.402. The van der Waals surface area contributed by atoms with Crippen LogP contribution in [0.5, 0.6) is 0 Å². The van der Waals surface area contributed by atoms with E-state index in [0.29, 0.717) is 12.1 Å². The predicted molar refractivity (Wildman–Crippen MR) is 110 cm³/mol. The second-order valence-electron chi connectivity index (χ2n) is 8.41. The van der Waals surface area contributed by atoms with Gasteiger partial charge in [0, 0.05) is 37.7 Å². The highest BCUT2D eigenvalue weighted by Crippen LogP contribution is 2.39. The first kappa shape index (κ1) is 24.0. The molecule has 0 spiro atoms. The third-order valence-electron chi connectivity index (χ3n) is 5.37. The van der Waals surface area contributed by atoms with Gasteiger partial charge >= 0.3 is 11.7 Å². The average molecular weight is 427 g/mol. The summed E-state index contributed by atoms with van der Waals surface area (Å²) >= 11 is 0. The van der Waals surface area contributed by atoms with Crippen molar-refractivity contribution in [1.29, 1.82) is 0 Å². The lowest BCUT2D eigenvalue weighted by Crippen LogP contribution is -2.43. The maximum atomic E-state index is 13.6. The van der Waals surface area contributed by atoms with Gasteiger partial charge in [0.15, 0.2) is 0 Å². The molecule has 1 fully saturated rings. The maximum absolute atomic E-state index is 13.6. The Morgan fingerprint density at radius 2 is 2.00 bits per heavy atom. The predicted octanol–water partition coefficient (Wildman–Crippen LogP) is 5.09. The molecule has 1 heterocycles. The summed E-state index contributed by atoms with van der Waals surface area (Å²) in [6.45, 7) is 8.22. The molecule has 1 atom stereocenters. The fourth-order valence-electron chi connectivity index (χ4n) is 3.81. The molecule has 168 valence electrons. The zero-order chi connectivity index (χ0) is 22.5. The summed E-state index contributed by atoms with van der Waals surface area (Å²) in [7, 11) is 0. The summed E-state index contributed by atoms with van der Waals surface area (Å²) in [6, 6.07) is 1.22. The third-order valence-corrected chi connectivity index (χ3v) is 5.37. The van der Waals surface area contributed by atoms with E-state index >= 15 is 0 Å². The summed E-state index contributed by atoms with van der Waals surface area (Å²) in [4.78, 5) is 29.3. The van der Waals surface area contributed by atoms with Crippen LogP contribution >= 0.6 is 0 Å². The molecular weight excluding hydrogens is 396 g/mol. The Labute approximate surface area is 176 Å². The van der Waals surface area contributed by atoms with Gasteiger partial charge in [-0.2, -0.15) is 0 Å². The van der Waals surface area contributed by atoms with Crippen LogP contribution in [0.4, 0.5) is 20.3 Å². The number of ether oxygens (including phenoxy) is 1. The van der Waals surface area contributed by atoms with Gasteiger partial charge in [-0.1, -0.05) is 20.8 Å². The largest absolute Gasteiger partial charge is 0.466 e. The molecule has 1 unspecified atom stereocenters. The molecule has 2 rings (SSSR count). The number of halogens is 2. The molecule has 1 saturated carbocycles. The minimum atomic E-state index is -2.67. The first-order valence-corrected chi connectivity index (χ1v) is 10.5. The molecule has 1 aliphatic rings. The van der Waals surface area contributed by atoms with Gasteiger partial charge in [-0.15, -0.1) is 0 Å². The van der Waals surface area contributed by atoms with Crippen LogP contribution in [0.15, 0.2) is 12.3 Å². The van der Waals surface area contributed by atoms with Crippen LogP contribution in [-0.4, -0.2) is 41.0 Å². The van der Waals surface area contributed by atoms with Crippen LogP contribution in [0, 0.1) is 16.0 Å². The summed E-state index contributed by atoms with van der Waals surface area (Å²) < 4.78 is 32.2. The van der Waals surface area contributed by atoms with E-state index in [1.807, 2.05) is 18.7 Å². The fraction of sp³-hybridized carbons (Fsp3) is 0.714. The molecule has 7 nitrogen and oxygen atoms in total. The number of hydrogen-bond donors (Lipinski definition) is 0. The second kappa shape index (κ2) is 10.1. The van der Waals surface area contributed by atoms with Crippen molar-refractivity contribution in [3.05, 3.63) is 27.9 Å². The van der Waals surface area contributed by atoms with Crippen molar-refractivity contribution in [2.45, 2.75) is 77.7 Å². The van der Waals surface area contributed by atoms with Crippen molar-refractivity contribution in [2.24, 2.45) is 5.92 Å². The third kappa shape index (κ3) is 6.34. The molecule has 0 aliphatic heterocycles. The molecule has 0 amide bonds. The normalized spacial score (nSPS) is 17.6. The number of carbonyl (C=O) groups is 1. The number of carbonyl (C=O) groups excluding carboxylic acids is 1. The molecule has 1 aromatic heterocycles. The first-order chi connectivity index (χ1) is 14.0. The van der Waals surface area contributed by atoms with Crippen LogP contribution in [0.2, 0.25) is 0 Å². The maximum Gasteiger partial charge on any atom is 0.311 e. The van der Waals surface area contributed by atoms with Crippen molar-refractivity contribution in [1.82, 2.24) is 4.98 Å². The van der Waals surface area contributed by atoms with Gasteiger partial charge in [0.1, 0.15) is 0 Å². The van der Waals surface area contributed by atoms with Crippen molar-refractivity contribution in [3.63, 3.8) is 0 Å². The molecule has 30 heavy (non-hydrogen) atoms. The smallest absolute Gasteiger partial charge is 0.311 e. The van der Waals surface area contributed by atoms with Gasteiger partial charge < -0.3 is 9.64 Å². The molecule has 9 heteroatoms. The van der Waals surface area contributed by atoms with Crippen LogP contribution in [0.3, 0.4) is 0 Å². The first-order valence-electron chi connectivity index (χ1n) is 10.5. The summed E-state index contributed by atoms with van der Waals surface area (Å²) in [6.07, 6.45) is 1.71. The minimum Gasteiger partial charge on any atom is -0.466 e. The van der Waals surface area contributed by atoms with Gasteiger partial charge in [-0.3, -0.25) is 14.9 Å². The lowest BCUT2D eigenvalue weighted by molar-refractivity contribution is -0.384. The molecule has 0 N–H and O–H groups in total. The van der Waals surface area contributed by atoms with Gasteiger partial charge in [0.25, 0.3) is 0 Å². The number of nitro groups is 1. The van der Waals surface area contributed by atoms with E-state index in [0.717, 1.165) is 0 Å². The standard InChI is InChI=1S/C21H31F2N3O4/c1-5-30-19(27)10-15(4)16-11-18(26(28)29)20(24-12-16)25(13-14(2)3)17-6-8-21(22,23)9-7-17/h11-12,14-15,17H,5-10,13H2,1-4H3. The van der Waals surface area contributed by atoms with Crippen LogP contribution in [-0.2, 0) is 9.53 Å². The molecule has 0 aromatic carbocycles. The number of alkyl halides is 2. The number of rotatable bonds is 9. The monoisotopic (exact) mass is 427 g/mol. The Morgan fingerprint density at radius 3 is 2.53 bits per heavy atom. The second-order valence-corrected chi connectivity index (χ2v) is 8.41. The SMILES string of the molecule is CCOC(=O)CC(C)c1cnc(N(CC(C)C)C2CCC(F)(F)CC2)c([N+](=O)[O-])c1. The van der Waals surface area contributed by atoms with E-state index in [1.54, 1.807) is 13.8 Å². The van der Waals surface area contributed by atoms with E-state index in [-0.39, 0.29) is 74.1 Å². The average Bonchev–Trinajstić information content (AvgIpc) is 2.66. The van der Waals surface area contributed by atoms with E-state index in [9.17, 15) is 23.7 Å². The Balaban J connectivity index is 2.33. The zero-order valence-electron chi connectivity index (χ0n) is 18.1. The van der Waals surface area contributed by atoms with E-state index in [4.69, 9.17) is 4.74 Å². The molecular formula is C21H31F2N3O4. The fourth-order valence-corrected chi connectivity index (χ4v) is 3.81. The quantitative estimate of drug-likeness (QED) is 0.310. The van der Waals surface area contributed by atoms with Crippen molar-refractivity contribution >= 4 is 17.5 Å². The van der Waals surface area contributed by atoms with Crippen LogP contribution < -0.4 is 4.90 Å². The highest BCUT2D eigenvalue weighted by molar-refractivity contribution is 5.70. The Bertz CT molecular complexity index is 748. The van der Waals surface area contributed by atoms with Crippen molar-refractivity contribution in [3.8, 4) is 0 Å². The molecule has 0 bridgehead atoms. The Morgan fingerprint density at radius 1 is 1.37 bits per heavy atom. The van der Waals surface area contributed by atoms with E-state index < -0.39 is 10.8 Å². The number of esters is 1. The van der Waals surface area contributed by atoms with Crippen molar-refractivity contribution < 1.29 is 23.2 Å². The minimum absolute atomic E-state index is 0.0967. The highest BCUT2D eigenvalue weighted by Gasteiger charge is 2.39. The zero-order valence-corrected chi connectivity index (χ0v) is 18.1. The van der Waals surface area contributed by atoms with Crippen molar-refractivity contribution in [2.75, 3.05) is 18.1 Å². The Kier molecular flexibility index (Phi) is 8.09. The van der Waals surface area contributed by atoms with E-state index in [1.165, 1.54) is 12.3 Å².